The van der Waals surface area contributed by atoms with Crippen molar-refractivity contribution in [1.82, 2.24) is 4.90 Å². The Balaban J connectivity index is 4.34. The molecule has 0 spiro atoms. The molecule has 0 heterocycles. The molecular weight excluding hydrogens is 202 g/mol. The molecular formula is C13H27NO2. The lowest BCUT2D eigenvalue weighted by Gasteiger charge is -2.34. The first-order valence-corrected chi connectivity index (χ1v) is 5.99. The molecule has 0 aliphatic rings. The second-order valence-electron chi connectivity index (χ2n) is 6.01. The number of carbonyl (C=O) groups excluding carboxylic acids is 1. The zero-order chi connectivity index (χ0) is 13.0. The molecule has 0 bridgehead atoms. The number of ether oxygens (including phenoxy) is 1. The van der Waals surface area contributed by atoms with E-state index in [9.17, 15) is 4.79 Å². The van der Waals surface area contributed by atoms with Gasteiger partial charge < -0.3 is 4.74 Å². The molecule has 0 aromatic rings. The molecule has 3 heteroatoms. The highest BCUT2D eigenvalue weighted by molar-refractivity contribution is 5.79. The second-order valence-corrected chi connectivity index (χ2v) is 6.01. The summed E-state index contributed by atoms with van der Waals surface area (Å²) in [6.45, 7) is 13.6. The van der Waals surface area contributed by atoms with Crippen molar-refractivity contribution in [2.75, 3.05) is 20.2 Å². The van der Waals surface area contributed by atoms with Crippen LogP contribution in [0.1, 0.15) is 48.0 Å². The summed E-state index contributed by atoms with van der Waals surface area (Å²) in [7, 11) is 1.97. The van der Waals surface area contributed by atoms with Crippen LogP contribution in [0.5, 0.6) is 0 Å². The molecule has 0 radical (unpaired) electrons. The number of rotatable bonds is 5. The topological polar surface area (TPSA) is 29.5 Å². The fourth-order valence-corrected chi connectivity index (χ4v) is 1.25. The number of esters is 1. The fourth-order valence-electron chi connectivity index (χ4n) is 1.25. The van der Waals surface area contributed by atoms with Gasteiger partial charge in [-0.2, -0.15) is 0 Å². The molecule has 0 atom stereocenters. The van der Waals surface area contributed by atoms with E-state index in [0.717, 1.165) is 13.0 Å². The van der Waals surface area contributed by atoms with Gasteiger partial charge in [-0.05, 0) is 46.2 Å². The first kappa shape index (κ1) is 15.4. The molecule has 0 aliphatic heterocycles. The van der Waals surface area contributed by atoms with E-state index >= 15 is 0 Å². The molecule has 0 amide bonds. The van der Waals surface area contributed by atoms with Crippen molar-refractivity contribution in [3.05, 3.63) is 0 Å². The summed E-state index contributed by atoms with van der Waals surface area (Å²) >= 11 is 0. The molecule has 0 fully saturated rings. The maximum Gasteiger partial charge on any atom is 0.325 e. The average molecular weight is 229 g/mol. The van der Waals surface area contributed by atoms with E-state index in [-0.39, 0.29) is 5.97 Å². The zero-order valence-corrected chi connectivity index (χ0v) is 11.9. The van der Waals surface area contributed by atoms with Gasteiger partial charge >= 0.3 is 5.97 Å². The van der Waals surface area contributed by atoms with Crippen molar-refractivity contribution < 1.29 is 9.53 Å². The third kappa shape index (κ3) is 4.97. The van der Waals surface area contributed by atoms with Crippen LogP contribution in [0, 0.1) is 5.41 Å². The van der Waals surface area contributed by atoms with Crippen LogP contribution in [-0.4, -0.2) is 36.6 Å². The summed E-state index contributed by atoms with van der Waals surface area (Å²) in [6, 6.07) is 0. The Morgan fingerprint density at radius 3 is 2.06 bits per heavy atom. The van der Waals surface area contributed by atoms with Crippen LogP contribution < -0.4 is 0 Å². The Bertz CT molecular complexity index is 229. The summed E-state index contributed by atoms with van der Waals surface area (Å²) in [5.41, 5.74) is -0.250. The molecule has 0 rings (SSSR count). The summed E-state index contributed by atoms with van der Waals surface area (Å²) in [5, 5.41) is 0. The Labute approximate surface area is 100 Å². The SMILES string of the molecule is CCOC(=O)C(C)(C)N(C)CCC(C)(C)C. The molecule has 0 saturated carbocycles. The van der Waals surface area contributed by atoms with Gasteiger partial charge in [0.15, 0.2) is 0 Å². The van der Waals surface area contributed by atoms with Crippen LogP contribution in [0.25, 0.3) is 0 Å². The van der Waals surface area contributed by atoms with E-state index in [1.54, 1.807) is 0 Å². The van der Waals surface area contributed by atoms with E-state index < -0.39 is 5.54 Å². The Morgan fingerprint density at radius 1 is 1.19 bits per heavy atom. The molecule has 16 heavy (non-hydrogen) atoms. The maximum absolute atomic E-state index is 11.8. The van der Waals surface area contributed by atoms with Crippen LogP contribution in [-0.2, 0) is 9.53 Å². The predicted molar refractivity (Wildman–Crippen MR) is 67.4 cm³/mol. The minimum absolute atomic E-state index is 0.147. The minimum Gasteiger partial charge on any atom is -0.465 e. The third-order valence-corrected chi connectivity index (χ3v) is 2.93. The smallest absolute Gasteiger partial charge is 0.325 e. The van der Waals surface area contributed by atoms with Gasteiger partial charge in [-0.15, -0.1) is 0 Å². The fraction of sp³-hybridized carbons (Fsp3) is 0.923. The number of hydrogen-bond donors (Lipinski definition) is 0. The summed E-state index contributed by atoms with van der Waals surface area (Å²) in [6.07, 6.45) is 1.06. The van der Waals surface area contributed by atoms with Crippen molar-refractivity contribution in [2.45, 2.75) is 53.5 Å². The number of nitrogens with zero attached hydrogens (tertiary/aromatic N) is 1. The molecule has 0 N–H and O–H groups in total. The summed E-state index contributed by atoms with van der Waals surface area (Å²) in [5.74, 6) is -0.147. The van der Waals surface area contributed by atoms with Crippen molar-refractivity contribution >= 4 is 5.97 Å². The third-order valence-electron chi connectivity index (χ3n) is 2.93. The van der Waals surface area contributed by atoms with Crippen molar-refractivity contribution in [2.24, 2.45) is 5.41 Å². The van der Waals surface area contributed by atoms with Gasteiger partial charge in [-0.25, -0.2) is 0 Å². The lowest BCUT2D eigenvalue weighted by Crippen LogP contribution is -2.49. The van der Waals surface area contributed by atoms with Gasteiger partial charge in [0.25, 0.3) is 0 Å². The molecule has 0 aliphatic carbocycles. The first-order valence-electron chi connectivity index (χ1n) is 5.99. The van der Waals surface area contributed by atoms with Gasteiger partial charge in [0.05, 0.1) is 6.61 Å². The average Bonchev–Trinajstić information content (AvgIpc) is 2.13. The summed E-state index contributed by atoms with van der Waals surface area (Å²) < 4.78 is 5.08. The highest BCUT2D eigenvalue weighted by Gasteiger charge is 2.33. The highest BCUT2D eigenvalue weighted by atomic mass is 16.5. The van der Waals surface area contributed by atoms with E-state index in [1.807, 2.05) is 27.8 Å². The number of hydrogen-bond acceptors (Lipinski definition) is 3. The lowest BCUT2D eigenvalue weighted by molar-refractivity contribution is -0.155. The van der Waals surface area contributed by atoms with Crippen molar-refractivity contribution in [1.29, 1.82) is 0 Å². The van der Waals surface area contributed by atoms with Crippen molar-refractivity contribution in [3.8, 4) is 0 Å². The molecule has 0 aromatic heterocycles. The van der Waals surface area contributed by atoms with E-state index in [4.69, 9.17) is 4.74 Å². The quantitative estimate of drug-likeness (QED) is 0.679. The van der Waals surface area contributed by atoms with Crippen LogP contribution >= 0.6 is 0 Å². The normalized spacial score (nSPS) is 13.0. The zero-order valence-electron chi connectivity index (χ0n) is 11.9. The van der Waals surface area contributed by atoms with Crippen LogP contribution in [0.15, 0.2) is 0 Å². The standard InChI is InChI=1S/C13H27NO2/c1-8-16-11(15)13(5,6)14(7)10-9-12(2,3)4/h8-10H2,1-7H3. The van der Waals surface area contributed by atoms with E-state index in [2.05, 4.69) is 25.7 Å². The molecule has 96 valence electrons. The van der Waals surface area contributed by atoms with Crippen molar-refractivity contribution in [3.63, 3.8) is 0 Å². The predicted octanol–water partition coefficient (Wildman–Crippen LogP) is 2.70. The van der Waals surface area contributed by atoms with E-state index in [1.165, 1.54) is 0 Å². The molecule has 3 nitrogen and oxygen atoms in total. The van der Waals surface area contributed by atoms with Crippen LogP contribution in [0.4, 0.5) is 0 Å². The van der Waals surface area contributed by atoms with Gasteiger partial charge in [-0.3, -0.25) is 9.69 Å². The van der Waals surface area contributed by atoms with E-state index in [0.29, 0.717) is 12.0 Å². The second kappa shape index (κ2) is 5.67. The monoisotopic (exact) mass is 229 g/mol. The van der Waals surface area contributed by atoms with Crippen LogP contribution in [0.2, 0.25) is 0 Å². The Morgan fingerprint density at radius 2 is 1.69 bits per heavy atom. The molecule has 0 aromatic carbocycles. The van der Waals surface area contributed by atoms with Gasteiger partial charge in [0.2, 0.25) is 0 Å². The minimum atomic E-state index is -0.540. The largest absolute Gasteiger partial charge is 0.465 e. The first-order chi connectivity index (χ1) is 7.11. The Hall–Kier alpha value is -0.570. The summed E-state index contributed by atoms with van der Waals surface area (Å²) in [4.78, 5) is 13.8. The highest BCUT2D eigenvalue weighted by Crippen LogP contribution is 2.22. The Kier molecular flexibility index (Phi) is 5.47. The van der Waals surface area contributed by atoms with Gasteiger partial charge in [-0.1, -0.05) is 20.8 Å². The van der Waals surface area contributed by atoms with Crippen LogP contribution in [0.3, 0.4) is 0 Å². The molecule has 0 unspecified atom stereocenters. The number of carbonyl (C=O) groups is 1. The van der Waals surface area contributed by atoms with Gasteiger partial charge in [0.1, 0.15) is 5.54 Å². The number of likely N-dealkylation sites (N-methyl/N-ethyl adjacent to an activating group) is 1. The lowest BCUT2D eigenvalue weighted by atomic mass is 9.91. The van der Waals surface area contributed by atoms with Gasteiger partial charge in [0, 0.05) is 0 Å². The maximum atomic E-state index is 11.8. The molecule has 0 saturated heterocycles.